The molecule has 1 aromatic carbocycles. The molecule has 0 amide bonds. The first-order valence-electron chi connectivity index (χ1n) is 4.87. The summed E-state index contributed by atoms with van der Waals surface area (Å²) < 4.78 is 38.9. The number of benzene rings is 1. The molecule has 2 rings (SSSR count). The molecule has 0 radical (unpaired) electrons. The van der Waals surface area contributed by atoms with E-state index in [2.05, 4.69) is 21.2 Å². The lowest BCUT2D eigenvalue weighted by atomic mass is 9.97. The first-order valence-corrected chi connectivity index (χ1v) is 5.66. The minimum Gasteiger partial charge on any atom is -0.478 e. The summed E-state index contributed by atoms with van der Waals surface area (Å²) in [5.74, 6) is -1.59. The molecular formula is C11H7BrF3NO2. The van der Waals surface area contributed by atoms with E-state index in [1.807, 2.05) is 0 Å². The molecule has 0 aliphatic carbocycles. The molecule has 0 fully saturated rings. The van der Waals surface area contributed by atoms with Crippen LogP contribution in [0.2, 0.25) is 0 Å². The number of carbonyl (C=O) groups is 1. The second-order valence-corrected chi connectivity index (χ2v) is 4.67. The molecule has 0 aromatic heterocycles. The van der Waals surface area contributed by atoms with Crippen LogP contribution in [-0.2, 0) is 4.79 Å². The van der Waals surface area contributed by atoms with E-state index >= 15 is 0 Å². The fourth-order valence-electron chi connectivity index (χ4n) is 1.71. The van der Waals surface area contributed by atoms with Crippen LogP contribution in [0.5, 0.6) is 0 Å². The number of alkyl halides is 3. The van der Waals surface area contributed by atoms with E-state index in [0.29, 0.717) is 10.0 Å². The van der Waals surface area contributed by atoms with E-state index in [9.17, 15) is 18.0 Å². The fourth-order valence-corrected chi connectivity index (χ4v) is 2.09. The van der Waals surface area contributed by atoms with Crippen LogP contribution in [0, 0.1) is 0 Å². The zero-order valence-corrected chi connectivity index (χ0v) is 10.3. The van der Waals surface area contributed by atoms with Crippen LogP contribution in [0.1, 0.15) is 5.56 Å². The first kappa shape index (κ1) is 12.9. The second-order valence-electron chi connectivity index (χ2n) is 3.76. The summed E-state index contributed by atoms with van der Waals surface area (Å²) in [4.78, 5) is 10.9. The van der Waals surface area contributed by atoms with Gasteiger partial charge in [0.05, 0.1) is 5.57 Å². The molecule has 0 spiro atoms. The molecule has 2 N–H and O–H groups in total. The summed E-state index contributed by atoms with van der Waals surface area (Å²) >= 11 is 3.18. The average molecular weight is 322 g/mol. The summed E-state index contributed by atoms with van der Waals surface area (Å²) in [6.07, 6.45) is -3.62. The number of anilines is 1. The van der Waals surface area contributed by atoms with Gasteiger partial charge < -0.3 is 10.4 Å². The number of aliphatic carboxylic acids is 1. The number of halogens is 4. The van der Waals surface area contributed by atoms with Gasteiger partial charge in [-0.2, -0.15) is 13.2 Å². The Morgan fingerprint density at radius 1 is 1.39 bits per heavy atom. The largest absolute Gasteiger partial charge is 0.478 e. The Bertz CT molecular complexity index is 540. The number of nitrogens with one attached hydrogen (secondary N) is 1. The Balaban J connectivity index is 2.53. The van der Waals surface area contributed by atoms with Crippen molar-refractivity contribution < 1.29 is 23.1 Å². The van der Waals surface area contributed by atoms with Crippen LogP contribution in [0.4, 0.5) is 18.9 Å². The molecule has 3 nitrogen and oxygen atoms in total. The number of carboxylic acids is 1. The molecule has 1 unspecified atom stereocenters. The van der Waals surface area contributed by atoms with E-state index < -0.39 is 23.8 Å². The van der Waals surface area contributed by atoms with Crippen molar-refractivity contribution in [1.82, 2.24) is 0 Å². The highest BCUT2D eigenvalue weighted by Crippen LogP contribution is 2.36. The molecule has 7 heteroatoms. The molecule has 0 bridgehead atoms. The van der Waals surface area contributed by atoms with Crippen molar-refractivity contribution in [2.45, 2.75) is 12.2 Å². The van der Waals surface area contributed by atoms with Gasteiger partial charge in [-0.3, -0.25) is 0 Å². The number of rotatable bonds is 1. The molecule has 1 aliphatic heterocycles. The Morgan fingerprint density at radius 2 is 2.06 bits per heavy atom. The zero-order chi connectivity index (χ0) is 13.5. The highest BCUT2D eigenvalue weighted by molar-refractivity contribution is 9.10. The van der Waals surface area contributed by atoms with Crippen LogP contribution < -0.4 is 5.32 Å². The van der Waals surface area contributed by atoms with Gasteiger partial charge in [-0.05, 0) is 29.8 Å². The maximum absolute atomic E-state index is 12.7. The van der Waals surface area contributed by atoms with Gasteiger partial charge in [0, 0.05) is 10.2 Å². The maximum atomic E-state index is 12.7. The third kappa shape index (κ3) is 2.35. The second kappa shape index (κ2) is 4.31. The quantitative estimate of drug-likeness (QED) is 0.834. The van der Waals surface area contributed by atoms with Gasteiger partial charge in [0.15, 0.2) is 6.04 Å². The van der Waals surface area contributed by atoms with Crippen molar-refractivity contribution >= 4 is 33.7 Å². The third-order valence-electron chi connectivity index (χ3n) is 2.51. The molecule has 96 valence electrons. The Labute approximate surface area is 108 Å². The number of fused-ring (bicyclic) bond motifs is 1. The number of hydrogen-bond donors (Lipinski definition) is 2. The van der Waals surface area contributed by atoms with Crippen molar-refractivity contribution in [1.29, 1.82) is 0 Å². The predicted octanol–water partition coefficient (Wildman–Crippen LogP) is 3.27. The highest BCUT2D eigenvalue weighted by Gasteiger charge is 2.46. The van der Waals surface area contributed by atoms with Gasteiger partial charge in [-0.25, -0.2) is 4.79 Å². The number of carboxylic acid groups (broad SMARTS) is 1. The Kier molecular flexibility index (Phi) is 3.10. The summed E-state index contributed by atoms with van der Waals surface area (Å²) in [5.41, 5.74) is -0.0547. The average Bonchev–Trinajstić information content (AvgIpc) is 2.25. The van der Waals surface area contributed by atoms with E-state index in [0.717, 1.165) is 6.08 Å². The summed E-state index contributed by atoms with van der Waals surface area (Å²) in [6.45, 7) is 0. The molecule has 0 saturated carbocycles. The van der Waals surface area contributed by atoms with Crippen molar-refractivity contribution in [3.8, 4) is 0 Å². The maximum Gasteiger partial charge on any atom is 0.413 e. The van der Waals surface area contributed by atoms with Crippen LogP contribution in [0.3, 0.4) is 0 Å². The van der Waals surface area contributed by atoms with Gasteiger partial charge >= 0.3 is 12.1 Å². The third-order valence-corrected chi connectivity index (χ3v) is 3.00. The topological polar surface area (TPSA) is 49.3 Å². The van der Waals surface area contributed by atoms with Gasteiger partial charge in [0.1, 0.15) is 0 Å². The first-order chi connectivity index (χ1) is 8.29. The molecular weight excluding hydrogens is 315 g/mol. The fraction of sp³-hybridized carbons (Fsp3) is 0.182. The molecule has 18 heavy (non-hydrogen) atoms. The standard InChI is InChI=1S/C11H7BrF3NO2/c12-6-1-2-8-5(3-6)4-7(10(17)18)9(16-8)11(13,14)15/h1-4,9,16H,(H,17,18). The SMILES string of the molecule is O=C(O)C1=Cc2cc(Br)ccc2NC1C(F)(F)F. The molecule has 1 aliphatic rings. The van der Waals surface area contributed by atoms with E-state index in [1.165, 1.54) is 6.07 Å². The summed E-state index contributed by atoms with van der Waals surface area (Å²) in [6, 6.07) is 2.41. The Hall–Kier alpha value is -1.50. The van der Waals surface area contributed by atoms with Crippen LogP contribution in [0.15, 0.2) is 28.2 Å². The van der Waals surface area contributed by atoms with E-state index in [4.69, 9.17) is 5.11 Å². The van der Waals surface area contributed by atoms with Crippen LogP contribution in [0.25, 0.3) is 6.08 Å². The predicted molar refractivity (Wildman–Crippen MR) is 63.2 cm³/mol. The van der Waals surface area contributed by atoms with E-state index in [1.54, 1.807) is 12.1 Å². The molecule has 0 saturated heterocycles. The lowest BCUT2D eigenvalue weighted by Crippen LogP contribution is -2.41. The van der Waals surface area contributed by atoms with Crippen molar-refractivity contribution in [3.63, 3.8) is 0 Å². The van der Waals surface area contributed by atoms with Gasteiger partial charge in [-0.15, -0.1) is 0 Å². The van der Waals surface area contributed by atoms with Gasteiger partial charge in [-0.1, -0.05) is 15.9 Å². The molecule has 1 aromatic rings. The van der Waals surface area contributed by atoms with Crippen LogP contribution >= 0.6 is 15.9 Å². The van der Waals surface area contributed by atoms with Gasteiger partial charge in [0.2, 0.25) is 0 Å². The Morgan fingerprint density at radius 3 is 2.61 bits per heavy atom. The smallest absolute Gasteiger partial charge is 0.413 e. The van der Waals surface area contributed by atoms with Gasteiger partial charge in [0.25, 0.3) is 0 Å². The summed E-state index contributed by atoms with van der Waals surface area (Å²) in [7, 11) is 0. The molecule has 1 heterocycles. The monoisotopic (exact) mass is 321 g/mol. The van der Waals surface area contributed by atoms with Crippen molar-refractivity contribution in [2.75, 3.05) is 5.32 Å². The zero-order valence-electron chi connectivity index (χ0n) is 8.75. The normalized spacial score (nSPS) is 18.7. The minimum absolute atomic E-state index is 0.255. The minimum atomic E-state index is -4.66. The van der Waals surface area contributed by atoms with Crippen molar-refractivity contribution in [3.05, 3.63) is 33.8 Å². The number of hydrogen-bond acceptors (Lipinski definition) is 2. The lowest BCUT2D eigenvalue weighted by molar-refractivity contribution is -0.146. The lowest BCUT2D eigenvalue weighted by Gasteiger charge is -2.28. The van der Waals surface area contributed by atoms with Crippen molar-refractivity contribution in [2.24, 2.45) is 0 Å². The summed E-state index contributed by atoms with van der Waals surface area (Å²) in [5, 5.41) is 11.0. The van der Waals surface area contributed by atoms with Crippen LogP contribution in [-0.4, -0.2) is 23.3 Å². The van der Waals surface area contributed by atoms with E-state index in [-0.39, 0.29) is 5.69 Å². The highest BCUT2D eigenvalue weighted by atomic mass is 79.9. The molecule has 1 atom stereocenters.